The van der Waals surface area contributed by atoms with E-state index in [1.165, 1.54) is 0 Å². The van der Waals surface area contributed by atoms with E-state index in [4.69, 9.17) is 0 Å². The van der Waals surface area contributed by atoms with Crippen molar-refractivity contribution in [3.63, 3.8) is 0 Å². The van der Waals surface area contributed by atoms with Crippen LogP contribution in [0.2, 0.25) is 0 Å². The number of anilines is 3. The van der Waals surface area contributed by atoms with Crippen LogP contribution in [-0.4, -0.2) is 31.7 Å². The fourth-order valence-corrected chi connectivity index (χ4v) is 2.53. The Morgan fingerprint density at radius 1 is 1.00 bits per heavy atom. The molecular formula is C18H17N7. The van der Waals surface area contributed by atoms with Gasteiger partial charge in [-0.1, -0.05) is 6.07 Å². The molecule has 0 fully saturated rings. The lowest BCUT2D eigenvalue weighted by Crippen LogP contribution is -2.08. The fraction of sp³-hybridized carbons (Fsp3) is 0.111. The topological polar surface area (TPSA) is 91.4 Å². The van der Waals surface area contributed by atoms with E-state index in [2.05, 4.69) is 35.8 Å². The van der Waals surface area contributed by atoms with Gasteiger partial charge in [0.2, 0.25) is 5.95 Å². The molecule has 0 saturated carbocycles. The van der Waals surface area contributed by atoms with Gasteiger partial charge >= 0.3 is 0 Å². The number of hydrogen-bond donors (Lipinski definition) is 3. The zero-order valence-electron chi connectivity index (χ0n) is 13.5. The van der Waals surface area contributed by atoms with Gasteiger partial charge < -0.3 is 10.6 Å². The Labute approximate surface area is 144 Å². The highest BCUT2D eigenvalue weighted by Crippen LogP contribution is 2.19. The highest BCUT2D eigenvalue weighted by Gasteiger charge is 2.02. The molecule has 3 aromatic heterocycles. The van der Waals surface area contributed by atoms with Crippen molar-refractivity contribution in [1.82, 2.24) is 25.1 Å². The molecule has 4 rings (SSSR count). The number of benzene rings is 1. The van der Waals surface area contributed by atoms with E-state index in [0.717, 1.165) is 41.1 Å². The van der Waals surface area contributed by atoms with Gasteiger partial charge in [0.25, 0.3) is 0 Å². The summed E-state index contributed by atoms with van der Waals surface area (Å²) in [7, 11) is 0. The van der Waals surface area contributed by atoms with Crippen molar-refractivity contribution in [3.8, 4) is 0 Å². The lowest BCUT2D eigenvalue weighted by Gasteiger charge is -2.08. The molecule has 0 bridgehead atoms. The monoisotopic (exact) mass is 331 g/mol. The van der Waals surface area contributed by atoms with Gasteiger partial charge in [-0.25, -0.2) is 4.98 Å². The molecule has 0 unspecified atom stereocenters. The summed E-state index contributed by atoms with van der Waals surface area (Å²) in [5.74, 6) is 1.32. The number of H-pyrrole nitrogens is 1. The fourth-order valence-electron chi connectivity index (χ4n) is 2.53. The van der Waals surface area contributed by atoms with Crippen LogP contribution in [0.5, 0.6) is 0 Å². The van der Waals surface area contributed by atoms with Crippen LogP contribution in [0, 0.1) is 0 Å². The van der Waals surface area contributed by atoms with Crippen molar-refractivity contribution in [2.75, 3.05) is 17.2 Å². The molecule has 0 aliphatic heterocycles. The lowest BCUT2D eigenvalue weighted by molar-refractivity contribution is 0.951. The number of rotatable bonds is 6. The Kier molecular flexibility index (Phi) is 4.20. The average molecular weight is 331 g/mol. The minimum Gasteiger partial charge on any atom is -0.370 e. The Balaban J connectivity index is 1.40. The smallest absolute Gasteiger partial charge is 0.229 e. The van der Waals surface area contributed by atoms with Crippen LogP contribution >= 0.6 is 0 Å². The predicted molar refractivity (Wildman–Crippen MR) is 97.8 cm³/mol. The van der Waals surface area contributed by atoms with Crippen LogP contribution in [0.15, 0.2) is 61.1 Å². The first-order valence-electron chi connectivity index (χ1n) is 8.04. The maximum atomic E-state index is 4.49. The second kappa shape index (κ2) is 6.96. The first-order valence-corrected chi connectivity index (χ1v) is 8.04. The molecule has 4 aromatic rings. The molecule has 0 radical (unpaired) electrons. The normalized spacial score (nSPS) is 10.7. The largest absolute Gasteiger partial charge is 0.370 e. The number of nitrogens with one attached hydrogen (secondary N) is 3. The number of nitrogens with zero attached hydrogens (tertiary/aromatic N) is 4. The third kappa shape index (κ3) is 3.72. The highest BCUT2D eigenvalue weighted by molar-refractivity contribution is 5.82. The van der Waals surface area contributed by atoms with E-state index in [1.54, 1.807) is 18.6 Å². The molecule has 1 aromatic carbocycles. The third-order valence-electron chi connectivity index (χ3n) is 3.77. The summed E-state index contributed by atoms with van der Waals surface area (Å²) >= 11 is 0. The summed E-state index contributed by atoms with van der Waals surface area (Å²) in [6.45, 7) is 0.758. The summed E-state index contributed by atoms with van der Waals surface area (Å²) < 4.78 is 0. The molecule has 7 heteroatoms. The van der Waals surface area contributed by atoms with Gasteiger partial charge in [0.05, 0.1) is 11.7 Å². The zero-order valence-corrected chi connectivity index (χ0v) is 13.5. The molecular weight excluding hydrogens is 314 g/mol. The van der Waals surface area contributed by atoms with Crippen molar-refractivity contribution in [2.45, 2.75) is 6.42 Å². The standard InChI is InChI=1S/C18H17N7/c1-2-8-19-14(3-1)6-9-20-17-7-10-21-18(24-17)23-15-4-5-16-13(11-15)12-22-25-16/h1-5,7-8,10-12H,6,9H2,(H,22,25)(H2,20,21,23,24). The van der Waals surface area contributed by atoms with E-state index in [0.29, 0.717) is 5.95 Å². The number of aromatic nitrogens is 5. The van der Waals surface area contributed by atoms with Crippen LogP contribution in [0.25, 0.3) is 10.9 Å². The quantitative estimate of drug-likeness (QED) is 0.503. The molecule has 0 spiro atoms. The molecule has 25 heavy (non-hydrogen) atoms. The van der Waals surface area contributed by atoms with Crippen LogP contribution in [0.3, 0.4) is 0 Å². The Bertz CT molecular complexity index is 965. The van der Waals surface area contributed by atoms with E-state index in [9.17, 15) is 0 Å². The first kappa shape index (κ1) is 15.1. The van der Waals surface area contributed by atoms with E-state index >= 15 is 0 Å². The van der Waals surface area contributed by atoms with Gasteiger partial charge in [0, 0.05) is 42.1 Å². The summed E-state index contributed by atoms with van der Waals surface area (Å²) in [4.78, 5) is 13.1. The van der Waals surface area contributed by atoms with Gasteiger partial charge in [-0.15, -0.1) is 0 Å². The lowest BCUT2D eigenvalue weighted by atomic mass is 10.2. The van der Waals surface area contributed by atoms with Crippen molar-refractivity contribution >= 4 is 28.4 Å². The maximum Gasteiger partial charge on any atom is 0.229 e. The molecule has 0 aliphatic rings. The molecule has 3 N–H and O–H groups in total. The van der Waals surface area contributed by atoms with Crippen molar-refractivity contribution in [2.24, 2.45) is 0 Å². The van der Waals surface area contributed by atoms with Gasteiger partial charge in [0.1, 0.15) is 5.82 Å². The van der Waals surface area contributed by atoms with Crippen molar-refractivity contribution in [3.05, 3.63) is 66.7 Å². The Morgan fingerprint density at radius 2 is 2.00 bits per heavy atom. The molecule has 0 atom stereocenters. The van der Waals surface area contributed by atoms with Crippen LogP contribution in [0.4, 0.5) is 17.5 Å². The summed E-state index contributed by atoms with van der Waals surface area (Å²) in [5, 5.41) is 14.5. The van der Waals surface area contributed by atoms with E-state index < -0.39 is 0 Å². The second-order valence-electron chi connectivity index (χ2n) is 5.56. The Hall–Kier alpha value is -3.48. The predicted octanol–water partition coefficient (Wildman–Crippen LogP) is 3.15. The summed E-state index contributed by atoms with van der Waals surface area (Å²) in [5.41, 5.74) is 2.96. The molecule has 3 heterocycles. The van der Waals surface area contributed by atoms with Gasteiger partial charge in [-0.2, -0.15) is 10.1 Å². The molecule has 0 amide bonds. The van der Waals surface area contributed by atoms with Crippen molar-refractivity contribution < 1.29 is 0 Å². The second-order valence-corrected chi connectivity index (χ2v) is 5.56. The summed E-state index contributed by atoms with van der Waals surface area (Å²) in [6, 6.07) is 13.7. The van der Waals surface area contributed by atoms with E-state index in [-0.39, 0.29) is 0 Å². The van der Waals surface area contributed by atoms with Crippen LogP contribution in [0.1, 0.15) is 5.69 Å². The number of hydrogen-bond acceptors (Lipinski definition) is 6. The highest BCUT2D eigenvalue weighted by atomic mass is 15.1. The number of fused-ring (bicyclic) bond motifs is 1. The van der Waals surface area contributed by atoms with Crippen LogP contribution < -0.4 is 10.6 Å². The summed E-state index contributed by atoms with van der Waals surface area (Å²) in [6.07, 6.45) is 6.16. The van der Waals surface area contributed by atoms with Crippen LogP contribution in [-0.2, 0) is 6.42 Å². The molecule has 0 aliphatic carbocycles. The first-order chi connectivity index (χ1) is 12.4. The Morgan fingerprint density at radius 3 is 2.92 bits per heavy atom. The molecule has 0 saturated heterocycles. The minimum absolute atomic E-state index is 0.547. The van der Waals surface area contributed by atoms with Gasteiger partial charge in [-0.05, 0) is 36.4 Å². The van der Waals surface area contributed by atoms with Crippen molar-refractivity contribution in [1.29, 1.82) is 0 Å². The van der Waals surface area contributed by atoms with Gasteiger partial charge in [0.15, 0.2) is 0 Å². The third-order valence-corrected chi connectivity index (χ3v) is 3.77. The van der Waals surface area contributed by atoms with Gasteiger partial charge in [-0.3, -0.25) is 10.1 Å². The molecule has 7 nitrogen and oxygen atoms in total. The minimum atomic E-state index is 0.547. The number of pyridine rings is 1. The zero-order chi connectivity index (χ0) is 16.9. The molecule has 124 valence electrons. The maximum absolute atomic E-state index is 4.49. The average Bonchev–Trinajstić information content (AvgIpc) is 3.11. The number of aromatic amines is 1. The van der Waals surface area contributed by atoms with E-state index in [1.807, 2.05) is 42.5 Å². The SMILES string of the molecule is c1ccc(CCNc2ccnc(Nc3ccc4[nH]ncc4c3)n2)nc1.